The third-order valence-electron chi connectivity index (χ3n) is 0.203. The van der Waals surface area contributed by atoms with Crippen LogP contribution in [-0.4, -0.2) is 43.9 Å². The molecular weight excluding hydrogens is 220 g/mol. The van der Waals surface area contributed by atoms with Crippen molar-refractivity contribution in [3.8, 4) is 0 Å². The van der Waals surface area contributed by atoms with Crippen molar-refractivity contribution in [2.24, 2.45) is 0 Å². The molecule has 0 aromatic rings. The summed E-state index contributed by atoms with van der Waals surface area (Å²) in [6.45, 7) is 2.17. The summed E-state index contributed by atoms with van der Waals surface area (Å²) in [5.41, 5.74) is 0. The number of carboxylic acid groups (broad SMARTS) is 2. The van der Waals surface area contributed by atoms with Crippen molar-refractivity contribution >= 4 is 28.8 Å². The molecule has 14 heavy (non-hydrogen) atoms. The fourth-order valence-corrected chi connectivity index (χ4v) is 0. The summed E-state index contributed by atoms with van der Waals surface area (Å²) in [7, 11) is 0. The van der Waals surface area contributed by atoms with Crippen LogP contribution in [0.15, 0.2) is 0 Å². The lowest BCUT2D eigenvalue weighted by molar-refractivity contribution is -0.136. The highest BCUT2D eigenvalue weighted by Crippen LogP contribution is 1.81. The molecule has 84 valence electrons. The highest BCUT2D eigenvalue weighted by atomic mass is 35.5. The van der Waals surface area contributed by atoms with E-state index in [-0.39, 0.29) is 0 Å². The molecule has 0 fully saturated rings. The number of hydrogen-bond donors (Lipinski definition) is 4. The van der Waals surface area contributed by atoms with E-state index in [0.29, 0.717) is 0 Å². The van der Waals surface area contributed by atoms with Crippen molar-refractivity contribution in [2.75, 3.05) is 0 Å². The first kappa shape index (κ1) is 18.6. The number of carbonyl (C=O) groups is 3. The summed E-state index contributed by atoms with van der Waals surface area (Å²) in [5.74, 6) is -1.67. The van der Waals surface area contributed by atoms with Gasteiger partial charge in [0.2, 0.25) is 6.29 Å². The van der Waals surface area contributed by atoms with Crippen LogP contribution in [0.25, 0.3) is 0 Å². The SMILES string of the molecule is CC(=O)O.CC(=O)O.O=C(Cl)C(O)O. The lowest BCUT2D eigenvalue weighted by Crippen LogP contribution is -2.11. The molecule has 0 rings (SSSR count). The molecule has 0 unspecified atom stereocenters. The first-order valence-electron chi connectivity index (χ1n) is 3.05. The van der Waals surface area contributed by atoms with E-state index >= 15 is 0 Å². The molecule has 0 spiro atoms. The highest BCUT2D eigenvalue weighted by molar-refractivity contribution is 6.64. The molecule has 0 amide bonds. The first-order valence-corrected chi connectivity index (χ1v) is 3.43. The Labute approximate surface area is 84.5 Å². The molecule has 0 bridgehead atoms. The molecule has 0 saturated heterocycles. The molecule has 0 aromatic carbocycles. The Morgan fingerprint density at radius 1 is 1.00 bits per heavy atom. The van der Waals surface area contributed by atoms with Gasteiger partial charge in [0.15, 0.2) is 0 Å². The number of hydrogen-bond acceptors (Lipinski definition) is 5. The third kappa shape index (κ3) is 131. The van der Waals surface area contributed by atoms with E-state index in [2.05, 4.69) is 11.6 Å². The van der Waals surface area contributed by atoms with Crippen LogP contribution in [-0.2, 0) is 14.4 Å². The summed E-state index contributed by atoms with van der Waals surface area (Å²) in [6.07, 6.45) is -2.02. The number of rotatable bonds is 1. The Morgan fingerprint density at radius 3 is 1.07 bits per heavy atom. The van der Waals surface area contributed by atoms with Gasteiger partial charge in [-0.3, -0.25) is 14.4 Å². The number of aliphatic hydroxyl groups excluding tert-OH is 1. The lowest BCUT2D eigenvalue weighted by Gasteiger charge is -1.87. The van der Waals surface area contributed by atoms with Gasteiger partial charge in [-0.25, -0.2) is 0 Å². The van der Waals surface area contributed by atoms with Crippen LogP contribution in [0.4, 0.5) is 0 Å². The third-order valence-corrected chi connectivity index (χ3v) is 0.398. The molecule has 4 N–H and O–H groups in total. The minimum absolute atomic E-state index is 0.833. The van der Waals surface area contributed by atoms with Gasteiger partial charge in [0.1, 0.15) is 0 Å². The lowest BCUT2D eigenvalue weighted by atomic mass is 10.7. The minimum atomic E-state index is -2.02. The second kappa shape index (κ2) is 11.8. The molecule has 0 aromatic heterocycles. The summed E-state index contributed by atoms with van der Waals surface area (Å²) in [5, 5.41) is 29.1. The second-order valence-electron chi connectivity index (χ2n) is 1.72. The number of aliphatic carboxylic acids is 2. The molecular formula is C6H11ClO7. The fraction of sp³-hybridized carbons (Fsp3) is 0.500. The zero-order valence-corrected chi connectivity index (χ0v) is 8.22. The molecule has 0 aliphatic heterocycles. The predicted octanol–water partition coefficient (Wildman–Crippen LogP) is -0.756. The van der Waals surface area contributed by atoms with E-state index in [1.807, 2.05) is 0 Å². The number of aliphatic hydroxyl groups is 2. The normalized spacial score (nSPS) is 7.57. The van der Waals surface area contributed by atoms with Crippen molar-refractivity contribution in [2.45, 2.75) is 20.1 Å². The molecule has 7 nitrogen and oxygen atoms in total. The van der Waals surface area contributed by atoms with Crippen LogP contribution in [0.3, 0.4) is 0 Å². The quantitative estimate of drug-likeness (QED) is 0.344. The van der Waals surface area contributed by atoms with Gasteiger partial charge in [0, 0.05) is 13.8 Å². The van der Waals surface area contributed by atoms with Crippen molar-refractivity contribution < 1.29 is 34.8 Å². The average molecular weight is 231 g/mol. The number of carboxylic acids is 2. The van der Waals surface area contributed by atoms with Gasteiger partial charge in [-0.15, -0.1) is 0 Å². The summed E-state index contributed by atoms with van der Waals surface area (Å²) in [6, 6.07) is 0. The van der Waals surface area contributed by atoms with E-state index in [9.17, 15) is 4.79 Å². The maximum absolute atomic E-state index is 9.41. The Kier molecular flexibility index (Phi) is 15.7. The summed E-state index contributed by atoms with van der Waals surface area (Å²) in [4.78, 5) is 27.4. The van der Waals surface area contributed by atoms with Crippen LogP contribution in [0.5, 0.6) is 0 Å². The van der Waals surface area contributed by atoms with E-state index in [4.69, 9.17) is 30.0 Å². The summed E-state index contributed by atoms with van der Waals surface area (Å²) >= 11 is 4.47. The Hall–Kier alpha value is -1.18. The van der Waals surface area contributed by atoms with Gasteiger partial charge in [0.05, 0.1) is 0 Å². The summed E-state index contributed by atoms with van der Waals surface area (Å²) < 4.78 is 0. The average Bonchev–Trinajstić information content (AvgIpc) is 1.83. The highest BCUT2D eigenvalue weighted by Gasteiger charge is 2.03. The van der Waals surface area contributed by atoms with Crippen LogP contribution < -0.4 is 0 Å². The van der Waals surface area contributed by atoms with Gasteiger partial charge in [-0.2, -0.15) is 0 Å². The monoisotopic (exact) mass is 230 g/mol. The van der Waals surface area contributed by atoms with Crippen LogP contribution in [0, 0.1) is 0 Å². The number of halogens is 1. The fourth-order valence-electron chi connectivity index (χ4n) is 0. The second-order valence-corrected chi connectivity index (χ2v) is 2.09. The van der Waals surface area contributed by atoms with Gasteiger partial charge < -0.3 is 20.4 Å². The molecule has 0 aliphatic carbocycles. The maximum atomic E-state index is 9.41. The first-order chi connectivity index (χ1) is 6.11. The van der Waals surface area contributed by atoms with Gasteiger partial charge in [-0.05, 0) is 11.6 Å². The van der Waals surface area contributed by atoms with Crippen molar-refractivity contribution in [1.29, 1.82) is 0 Å². The number of carbonyl (C=O) groups excluding carboxylic acids is 1. The molecule has 8 heteroatoms. The largest absolute Gasteiger partial charge is 0.481 e. The van der Waals surface area contributed by atoms with Crippen LogP contribution in [0.2, 0.25) is 0 Å². The molecule has 0 radical (unpaired) electrons. The predicted molar refractivity (Wildman–Crippen MR) is 45.7 cm³/mol. The molecule has 0 saturated carbocycles. The standard InChI is InChI=1S/C2H3ClO3.2C2H4O2/c3-1(4)2(5)6;2*1-2(3)4/h2,5-6H;2*1H3,(H,3,4). The van der Waals surface area contributed by atoms with E-state index in [1.165, 1.54) is 0 Å². The molecule has 0 atom stereocenters. The van der Waals surface area contributed by atoms with E-state index in [0.717, 1.165) is 13.8 Å². The topological polar surface area (TPSA) is 132 Å². The zero-order valence-electron chi connectivity index (χ0n) is 7.47. The van der Waals surface area contributed by atoms with Crippen molar-refractivity contribution in [1.82, 2.24) is 0 Å². The Bertz CT molecular complexity index is 169. The van der Waals surface area contributed by atoms with Crippen LogP contribution in [0.1, 0.15) is 13.8 Å². The van der Waals surface area contributed by atoms with Crippen molar-refractivity contribution in [3.05, 3.63) is 0 Å². The molecule has 0 heterocycles. The smallest absolute Gasteiger partial charge is 0.300 e. The minimum Gasteiger partial charge on any atom is -0.481 e. The maximum Gasteiger partial charge on any atom is 0.300 e. The Balaban J connectivity index is -0.000000135. The zero-order chi connectivity index (χ0) is 12.3. The van der Waals surface area contributed by atoms with E-state index < -0.39 is 23.5 Å². The van der Waals surface area contributed by atoms with Gasteiger partial charge in [0.25, 0.3) is 17.2 Å². The van der Waals surface area contributed by atoms with Crippen LogP contribution >= 0.6 is 11.6 Å². The Morgan fingerprint density at radius 2 is 1.07 bits per heavy atom. The van der Waals surface area contributed by atoms with Gasteiger partial charge in [-0.1, -0.05) is 0 Å². The van der Waals surface area contributed by atoms with E-state index in [1.54, 1.807) is 0 Å². The molecule has 0 aliphatic rings. The van der Waals surface area contributed by atoms with Crippen molar-refractivity contribution in [3.63, 3.8) is 0 Å². The van der Waals surface area contributed by atoms with Gasteiger partial charge >= 0.3 is 0 Å².